The first-order chi connectivity index (χ1) is 15.1. The van der Waals surface area contributed by atoms with Crippen LogP contribution in [-0.4, -0.2) is 68.2 Å². The predicted octanol–water partition coefficient (Wildman–Crippen LogP) is 3.01. The normalized spacial score (nSPS) is 17.3. The second-order valence-electron chi connectivity index (χ2n) is 7.69. The van der Waals surface area contributed by atoms with Gasteiger partial charge >= 0.3 is 6.18 Å². The monoisotopic (exact) mass is 472 g/mol. The highest BCUT2D eigenvalue weighted by Gasteiger charge is 2.34. The molecule has 6 nitrogen and oxygen atoms in total. The van der Waals surface area contributed by atoms with Crippen molar-refractivity contribution in [2.75, 3.05) is 39.3 Å². The number of alkyl halides is 3. The molecule has 32 heavy (non-hydrogen) atoms. The third kappa shape index (κ3) is 6.22. The van der Waals surface area contributed by atoms with E-state index in [0.717, 1.165) is 18.6 Å². The standard InChI is InChI=1S/C22H27F3N2O4S/c1-2-17-6-8-20(9-7-17)31-16-19(28)15-26-10-12-27(13-11-26)32(29,30)21-5-3-4-18(14-21)22(23,24)25/h3-9,14,19,28H,2,10-13,15-16H2,1H3. The Morgan fingerprint density at radius 2 is 1.72 bits per heavy atom. The Labute approximate surface area is 186 Å². The topological polar surface area (TPSA) is 70.1 Å². The minimum Gasteiger partial charge on any atom is -0.491 e. The van der Waals surface area contributed by atoms with Gasteiger partial charge in [-0.3, -0.25) is 4.90 Å². The number of nitrogens with zero attached hydrogens (tertiary/aromatic N) is 2. The van der Waals surface area contributed by atoms with Gasteiger partial charge in [0.15, 0.2) is 0 Å². The summed E-state index contributed by atoms with van der Waals surface area (Å²) in [6.45, 7) is 3.46. The van der Waals surface area contributed by atoms with Crippen molar-refractivity contribution in [2.45, 2.75) is 30.5 Å². The van der Waals surface area contributed by atoms with Gasteiger partial charge in [-0.15, -0.1) is 0 Å². The zero-order valence-corrected chi connectivity index (χ0v) is 18.6. The molecule has 0 bridgehead atoms. The van der Waals surface area contributed by atoms with Gasteiger partial charge in [0.25, 0.3) is 0 Å². The molecule has 10 heteroatoms. The zero-order valence-electron chi connectivity index (χ0n) is 17.8. The van der Waals surface area contributed by atoms with Crippen molar-refractivity contribution in [2.24, 2.45) is 0 Å². The maximum absolute atomic E-state index is 12.9. The summed E-state index contributed by atoms with van der Waals surface area (Å²) >= 11 is 0. The molecule has 1 unspecified atom stereocenters. The van der Waals surface area contributed by atoms with Gasteiger partial charge in [0.2, 0.25) is 10.0 Å². The van der Waals surface area contributed by atoms with E-state index >= 15 is 0 Å². The van der Waals surface area contributed by atoms with Gasteiger partial charge in [0.05, 0.1) is 10.5 Å². The Balaban J connectivity index is 1.50. The molecular weight excluding hydrogens is 445 g/mol. The number of β-amino-alcohol motifs (C(OH)–C–C–N with tert-alkyl or cyclic N) is 1. The summed E-state index contributed by atoms with van der Waals surface area (Å²) < 4.78 is 71.1. The molecule has 0 amide bonds. The van der Waals surface area contributed by atoms with Gasteiger partial charge in [-0.05, 0) is 42.3 Å². The number of halogens is 3. The zero-order chi connectivity index (χ0) is 23.4. The maximum atomic E-state index is 12.9. The Hall–Kier alpha value is -2.14. The summed E-state index contributed by atoms with van der Waals surface area (Å²) in [5.41, 5.74) is 0.195. The number of aliphatic hydroxyl groups excluding tert-OH is 1. The number of aryl methyl sites for hydroxylation is 1. The van der Waals surface area contributed by atoms with Crippen LogP contribution in [0.5, 0.6) is 5.75 Å². The van der Waals surface area contributed by atoms with Gasteiger partial charge in [0, 0.05) is 32.7 Å². The molecule has 0 saturated carbocycles. The van der Waals surface area contributed by atoms with Crippen molar-refractivity contribution in [3.05, 3.63) is 59.7 Å². The molecule has 2 aromatic carbocycles. The van der Waals surface area contributed by atoms with E-state index in [0.29, 0.717) is 31.5 Å². The number of hydrogen-bond donors (Lipinski definition) is 1. The number of ether oxygens (including phenoxy) is 1. The van der Waals surface area contributed by atoms with E-state index < -0.39 is 27.9 Å². The summed E-state index contributed by atoms with van der Waals surface area (Å²) in [4.78, 5) is 1.54. The van der Waals surface area contributed by atoms with E-state index in [1.165, 1.54) is 15.9 Å². The molecule has 2 aromatic rings. The summed E-state index contributed by atoms with van der Waals surface area (Å²) in [7, 11) is -4.03. The van der Waals surface area contributed by atoms with E-state index in [1.54, 1.807) is 0 Å². The molecule has 1 N–H and O–H groups in total. The molecule has 1 saturated heterocycles. The number of sulfonamides is 1. The molecule has 0 aliphatic carbocycles. The Morgan fingerprint density at radius 3 is 2.31 bits per heavy atom. The van der Waals surface area contributed by atoms with Gasteiger partial charge < -0.3 is 9.84 Å². The van der Waals surface area contributed by atoms with E-state index in [4.69, 9.17) is 4.74 Å². The second-order valence-corrected chi connectivity index (χ2v) is 9.63. The minimum absolute atomic E-state index is 0.105. The van der Waals surface area contributed by atoms with Crippen LogP contribution >= 0.6 is 0 Å². The van der Waals surface area contributed by atoms with Crippen molar-refractivity contribution >= 4 is 10.0 Å². The fourth-order valence-corrected chi connectivity index (χ4v) is 4.97. The third-order valence-corrected chi connectivity index (χ3v) is 7.27. The van der Waals surface area contributed by atoms with Crippen LogP contribution < -0.4 is 4.74 Å². The lowest BCUT2D eigenvalue weighted by molar-refractivity contribution is -0.137. The molecule has 1 aliphatic rings. The number of aliphatic hydroxyl groups is 1. The molecule has 0 aromatic heterocycles. The van der Waals surface area contributed by atoms with Crippen molar-refractivity contribution in [3.8, 4) is 5.75 Å². The SMILES string of the molecule is CCc1ccc(OCC(O)CN2CCN(S(=O)(=O)c3cccc(C(F)(F)F)c3)CC2)cc1. The highest BCUT2D eigenvalue weighted by atomic mass is 32.2. The van der Waals surface area contributed by atoms with E-state index in [-0.39, 0.29) is 24.6 Å². The lowest BCUT2D eigenvalue weighted by Gasteiger charge is -2.34. The molecule has 3 rings (SSSR count). The predicted molar refractivity (Wildman–Crippen MR) is 114 cm³/mol. The van der Waals surface area contributed by atoms with Crippen LogP contribution in [0.1, 0.15) is 18.1 Å². The fraction of sp³-hybridized carbons (Fsp3) is 0.455. The summed E-state index contributed by atoms with van der Waals surface area (Å²) in [5.74, 6) is 0.665. The highest BCUT2D eigenvalue weighted by molar-refractivity contribution is 7.89. The van der Waals surface area contributed by atoms with Crippen molar-refractivity contribution in [1.82, 2.24) is 9.21 Å². The largest absolute Gasteiger partial charge is 0.491 e. The molecule has 176 valence electrons. The average Bonchev–Trinajstić information content (AvgIpc) is 2.78. The van der Waals surface area contributed by atoms with E-state index in [1.807, 2.05) is 29.2 Å². The van der Waals surface area contributed by atoms with Gasteiger partial charge in [-0.2, -0.15) is 17.5 Å². The first kappa shape index (κ1) is 24.5. The molecule has 0 spiro atoms. The molecule has 1 atom stereocenters. The molecule has 1 heterocycles. The molecule has 1 fully saturated rings. The maximum Gasteiger partial charge on any atom is 0.416 e. The second kappa shape index (κ2) is 10.2. The van der Waals surface area contributed by atoms with E-state index in [9.17, 15) is 26.7 Å². The lowest BCUT2D eigenvalue weighted by atomic mass is 10.2. The van der Waals surface area contributed by atoms with Gasteiger partial charge in [0.1, 0.15) is 18.5 Å². The van der Waals surface area contributed by atoms with E-state index in [2.05, 4.69) is 6.92 Å². The highest BCUT2D eigenvalue weighted by Crippen LogP contribution is 2.31. The number of piperazine rings is 1. The number of hydrogen-bond acceptors (Lipinski definition) is 5. The van der Waals surface area contributed by atoms with Crippen LogP contribution in [0.3, 0.4) is 0 Å². The van der Waals surface area contributed by atoms with Crippen LogP contribution in [0.4, 0.5) is 13.2 Å². The van der Waals surface area contributed by atoms with Gasteiger partial charge in [-0.1, -0.05) is 25.1 Å². The van der Waals surface area contributed by atoms with Crippen LogP contribution in [0.25, 0.3) is 0 Å². The van der Waals surface area contributed by atoms with Crippen molar-refractivity contribution < 1.29 is 31.4 Å². The van der Waals surface area contributed by atoms with Crippen molar-refractivity contribution in [3.63, 3.8) is 0 Å². The van der Waals surface area contributed by atoms with Crippen LogP contribution in [-0.2, 0) is 22.6 Å². The quantitative estimate of drug-likeness (QED) is 0.640. The average molecular weight is 473 g/mol. The smallest absolute Gasteiger partial charge is 0.416 e. The molecule has 0 radical (unpaired) electrons. The first-order valence-electron chi connectivity index (χ1n) is 10.4. The Morgan fingerprint density at radius 1 is 1.06 bits per heavy atom. The number of benzene rings is 2. The van der Waals surface area contributed by atoms with Crippen molar-refractivity contribution in [1.29, 1.82) is 0 Å². The fourth-order valence-electron chi connectivity index (χ4n) is 3.50. The van der Waals surface area contributed by atoms with Gasteiger partial charge in [-0.25, -0.2) is 8.42 Å². The summed E-state index contributed by atoms with van der Waals surface area (Å²) in [6.07, 6.45) is -4.44. The molecule has 1 aliphatic heterocycles. The Bertz CT molecular complexity index is 989. The Kier molecular flexibility index (Phi) is 7.81. The van der Waals surface area contributed by atoms with Crippen LogP contribution in [0, 0.1) is 0 Å². The lowest BCUT2D eigenvalue weighted by Crippen LogP contribution is -2.50. The summed E-state index contributed by atoms with van der Waals surface area (Å²) in [5, 5.41) is 10.3. The number of rotatable bonds is 8. The van der Waals surface area contributed by atoms with Crippen LogP contribution in [0.15, 0.2) is 53.4 Å². The summed E-state index contributed by atoms with van der Waals surface area (Å²) in [6, 6.07) is 11.4. The minimum atomic E-state index is -4.61. The van der Waals surface area contributed by atoms with Crippen LogP contribution in [0.2, 0.25) is 0 Å². The molecular formula is C22H27F3N2O4S. The first-order valence-corrected chi connectivity index (χ1v) is 11.8. The third-order valence-electron chi connectivity index (χ3n) is 5.37.